The molecule has 1 aromatic heterocycles. The fourth-order valence-corrected chi connectivity index (χ4v) is 3.10. The molecule has 27 heavy (non-hydrogen) atoms. The third-order valence-corrected chi connectivity index (χ3v) is 4.53. The molecule has 0 aliphatic rings. The van der Waals surface area contributed by atoms with Gasteiger partial charge >= 0.3 is 0 Å². The van der Waals surface area contributed by atoms with Crippen LogP contribution in [0.1, 0.15) is 16.1 Å². The number of carbonyl (C=O) groups is 1. The van der Waals surface area contributed by atoms with Gasteiger partial charge in [-0.05, 0) is 29.0 Å². The zero-order valence-corrected chi connectivity index (χ0v) is 14.8. The summed E-state index contributed by atoms with van der Waals surface area (Å²) in [5.74, 6) is -0.681. The number of benzene rings is 3. The molecule has 0 aliphatic carbocycles. The highest BCUT2D eigenvalue weighted by Crippen LogP contribution is 2.25. The summed E-state index contributed by atoms with van der Waals surface area (Å²) < 4.78 is 19.2. The van der Waals surface area contributed by atoms with E-state index in [1.54, 1.807) is 6.07 Å². The molecule has 3 aromatic carbocycles. The number of nitrogens with one attached hydrogen (secondary N) is 1. The molecule has 4 rings (SSSR count). The number of rotatable bonds is 4. The summed E-state index contributed by atoms with van der Waals surface area (Å²) in [5, 5.41) is 8.86. The van der Waals surface area contributed by atoms with E-state index >= 15 is 0 Å². The van der Waals surface area contributed by atoms with Crippen molar-refractivity contribution in [3.8, 4) is 11.3 Å². The first kappa shape index (κ1) is 17.2. The number of aromatic nitrogens is 1. The summed E-state index contributed by atoms with van der Waals surface area (Å²) in [4.78, 5) is 12.2. The summed E-state index contributed by atoms with van der Waals surface area (Å²) >= 11 is 5.90. The quantitative estimate of drug-likeness (QED) is 0.528. The van der Waals surface area contributed by atoms with Crippen molar-refractivity contribution in [3.05, 3.63) is 88.8 Å². The van der Waals surface area contributed by atoms with Crippen molar-refractivity contribution in [2.24, 2.45) is 0 Å². The van der Waals surface area contributed by atoms with E-state index in [-0.39, 0.29) is 17.1 Å². The molecule has 4 nitrogen and oxygen atoms in total. The molecule has 0 aliphatic heterocycles. The van der Waals surface area contributed by atoms with Crippen LogP contribution in [0.2, 0.25) is 5.02 Å². The van der Waals surface area contributed by atoms with E-state index in [2.05, 4.69) is 10.5 Å². The third-order valence-electron chi connectivity index (χ3n) is 4.21. The Kier molecular flexibility index (Phi) is 4.60. The topological polar surface area (TPSA) is 55.1 Å². The summed E-state index contributed by atoms with van der Waals surface area (Å²) in [6, 6.07) is 19.8. The van der Waals surface area contributed by atoms with Gasteiger partial charge in [-0.2, -0.15) is 0 Å². The highest BCUT2D eigenvalue weighted by molar-refractivity contribution is 6.33. The van der Waals surface area contributed by atoms with E-state index in [0.29, 0.717) is 11.5 Å². The SMILES string of the molecule is O=C(NCc1cc(-c2ccc3ccccc3c2)on1)c1c(F)cccc1Cl. The second-order valence-electron chi connectivity index (χ2n) is 6.02. The van der Waals surface area contributed by atoms with Gasteiger partial charge in [0.25, 0.3) is 5.91 Å². The molecule has 1 heterocycles. The van der Waals surface area contributed by atoms with Crippen LogP contribution < -0.4 is 5.32 Å². The summed E-state index contributed by atoms with van der Waals surface area (Å²) in [6.45, 7) is 0.0978. The van der Waals surface area contributed by atoms with Crippen LogP contribution in [-0.2, 0) is 6.54 Å². The lowest BCUT2D eigenvalue weighted by molar-refractivity contribution is 0.0946. The standard InChI is InChI=1S/C21H14ClFN2O2/c22-17-6-3-7-18(23)20(17)21(26)24-12-16-11-19(27-25-16)15-9-8-13-4-1-2-5-14(13)10-15/h1-11H,12H2,(H,24,26). The normalized spacial score (nSPS) is 10.9. The minimum Gasteiger partial charge on any atom is -0.356 e. The second kappa shape index (κ2) is 7.21. The van der Waals surface area contributed by atoms with Gasteiger partial charge in [-0.3, -0.25) is 4.79 Å². The van der Waals surface area contributed by atoms with Gasteiger partial charge in [0, 0.05) is 11.6 Å². The van der Waals surface area contributed by atoms with E-state index in [9.17, 15) is 9.18 Å². The van der Waals surface area contributed by atoms with Gasteiger partial charge in [0.05, 0.1) is 17.1 Å². The zero-order chi connectivity index (χ0) is 18.8. The number of nitrogens with zero attached hydrogens (tertiary/aromatic N) is 1. The van der Waals surface area contributed by atoms with Crippen molar-refractivity contribution in [1.82, 2.24) is 10.5 Å². The van der Waals surface area contributed by atoms with E-state index in [1.807, 2.05) is 42.5 Å². The van der Waals surface area contributed by atoms with Crippen molar-refractivity contribution in [2.45, 2.75) is 6.54 Å². The van der Waals surface area contributed by atoms with Gasteiger partial charge in [-0.1, -0.05) is 59.2 Å². The van der Waals surface area contributed by atoms with Crippen LogP contribution in [-0.4, -0.2) is 11.1 Å². The molecule has 1 amide bonds. The fourth-order valence-electron chi connectivity index (χ4n) is 2.85. The Labute approximate surface area is 159 Å². The first-order valence-corrected chi connectivity index (χ1v) is 8.66. The Morgan fingerprint density at radius 2 is 1.85 bits per heavy atom. The van der Waals surface area contributed by atoms with Gasteiger partial charge < -0.3 is 9.84 Å². The van der Waals surface area contributed by atoms with Crippen LogP contribution in [0.5, 0.6) is 0 Å². The number of hydrogen-bond acceptors (Lipinski definition) is 3. The number of hydrogen-bond donors (Lipinski definition) is 1. The monoisotopic (exact) mass is 380 g/mol. The van der Waals surface area contributed by atoms with Gasteiger partial charge in [0.1, 0.15) is 11.5 Å². The van der Waals surface area contributed by atoms with Crippen LogP contribution in [0.25, 0.3) is 22.1 Å². The maximum Gasteiger partial charge on any atom is 0.256 e. The molecule has 0 atom stereocenters. The fraction of sp³-hybridized carbons (Fsp3) is 0.0476. The first-order valence-electron chi connectivity index (χ1n) is 8.29. The van der Waals surface area contributed by atoms with Crippen LogP contribution in [0.4, 0.5) is 4.39 Å². The van der Waals surface area contributed by atoms with Gasteiger partial charge in [0.2, 0.25) is 0 Å². The molecular weight excluding hydrogens is 367 g/mol. The highest BCUT2D eigenvalue weighted by atomic mass is 35.5. The molecule has 0 fully saturated rings. The Bertz CT molecular complexity index is 1120. The maximum atomic E-state index is 13.8. The first-order chi connectivity index (χ1) is 13.1. The Hall–Kier alpha value is -3.18. The third kappa shape index (κ3) is 3.55. The largest absolute Gasteiger partial charge is 0.356 e. The Morgan fingerprint density at radius 1 is 1.04 bits per heavy atom. The molecule has 0 saturated heterocycles. The van der Waals surface area contributed by atoms with Crippen LogP contribution in [0.3, 0.4) is 0 Å². The zero-order valence-electron chi connectivity index (χ0n) is 14.1. The van der Waals surface area contributed by atoms with E-state index < -0.39 is 11.7 Å². The van der Waals surface area contributed by atoms with Crippen LogP contribution >= 0.6 is 11.6 Å². The van der Waals surface area contributed by atoms with Crippen molar-refractivity contribution >= 4 is 28.3 Å². The Balaban J connectivity index is 1.50. The number of carbonyl (C=O) groups excluding carboxylic acids is 1. The lowest BCUT2D eigenvalue weighted by Crippen LogP contribution is -2.24. The molecule has 0 radical (unpaired) electrons. The summed E-state index contributed by atoms with van der Waals surface area (Å²) in [6.07, 6.45) is 0. The smallest absolute Gasteiger partial charge is 0.256 e. The second-order valence-corrected chi connectivity index (χ2v) is 6.43. The number of amides is 1. The lowest BCUT2D eigenvalue weighted by Gasteiger charge is -2.05. The lowest BCUT2D eigenvalue weighted by atomic mass is 10.1. The molecule has 0 saturated carbocycles. The molecule has 0 spiro atoms. The van der Waals surface area contributed by atoms with Crippen LogP contribution in [0.15, 0.2) is 71.3 Å². The molecule has 0 unspecified atom stereocenters. The summed E-state index contributed by atoms with van der Waals surface area (Å²) in [7, 11) is 0. The average Bonchev–Trinajstić information content (AvgIpc) is 3.15. The number of halogens is 2. The predicted molar refractivity (Wildman–Crippen MR) is 102 cm³/mol. The van der Waals surface area contributed by atoms with Gasteiger partial charge in [-0.15, -0.1) is 0 Å². The highest BCUT2D eigenvalue weighted by Gasteiger charge is 2.16. The van der Waals surface area contributed by atoms with Crippen LogP contribution in [0, 0.1) is 5.82 Å². The number of fused-ring (bicyclic) bond motifs is 1. The predicted octanol–water partition coefficient (Wildman–Crippen LogP) is 5.22. The van der Waals surface area contributed by atoms with E-state index in [1.165, 1.54) is 18.2 Å². The van der Waals surface area contributed by atoms with Gasteiger partial charge in [0.15, 0.2) is 5.76 Å². The minimum absolute atomic E-state index is 0.0597. The summed E-state index contributed by atoms with van der Waals surface area (Å²) in [5.41, 5.74) is 1.23. The van der Waals surface area contributed by atoms with E-state index in [0.717, 1.165) is 16.3 Å². The van der Waals surface area contributed by atoms with Crippen molar-refractivity contribution in [3.63, 3.8) is 0 Å². The molecule has 134 valence electrons. The van der Waals surface area contributed by atoms with Gasteiger partial charge in [-0.25, -0.2) is 4.39 Å². The maximum absolute atomic E-state index is 13.8. The minimum atomic E-state index is -0.669. The van der Waals surface area contributed by atoms with Crippen molar-refractivity contribution in [1.29, 1.82) is 0 Å². The van der Waals surface area contributed by atoms with E-state index in [4.69, 9.17) is 16.1 Å². The molecular formula is C21H14ClFN2O2. The van der Waals surface area contributed by atoms with Crippen molar-refractivity contribution in [2.75, 3.05) is 0 Å². The van der Waals surface area contributed by atoms with Crippen molar-refractivity contribution < 1.29 is 13.7 Å². The Morgan fingerprint density at radius 3 is 2.67 bits per heavy atom. The molecule has 4 aromatic rings. The molecule has 0 bridgehead atoms. The average molecular weight is 381 g/mol. The molecule has 6 heteroatoms. The molecule has 1 N–H and O–H groups in total.